The zero-order valence-corrected chi connectivity index (χ0v) is 17.3. The van der Waals surface area contributed by atoms with Gasteiger partial charge in [0.2, 0.25) is 0 Å². The van der Waals surface area contributed by atoms with E-state index in [1.54, 1.807) is 0 Å². The van der Waals surface area contributed by atoms with E-state index in [-0.39, 0.29) is 5.91 Å². The summed E-state index contributed by atoms with van der Waals surface area (Å²) in [6.45, 7) is 7.17. The van der Waals surface area contributed by atoms with Crippen molar-refractivity contribution >= 4 is 22.5 Å². The van der Waals surface area contributed by atoms with Crippen LogP contribution < -0.4 is 4.90 Å². The van der Waals surface area contributed by atoms with Crippen molar-refractivity contribution in [2.75, 3.05) is 31.1 Å². The zero-order chi connectivity index (χ0) is 20.7. The number of para-hydroxylation sites is 2. The number of fused-ring (bicyclic) bond motifs is 1. The second kappa shape index (κ2) is 7.37. The fourth-order valence-corrected chi connectivity index (χ4v) is 4.40. The van der Waals surface area contributed by atoms with Gasteiger partial charge >= 0.3 is 0 Å². The lowest BCUT2D eigenvalue weighted by Crippen LogP contribution is -2.49. The van der Waals surface area contributed by atoms with Crippen LogP contribution in [0.2, 0.25) is 0 Å². The van der Waals surface area contributed by atoms with Gasteiger partial charge in [0, 0.05) is 37.1 Å². The Labute approximate surface area is 175 Å². The van der Waals surface area contributed by atoms with E-state index in [2.05, 4.69) is 35.9 Å². The van der Waals surface area contributed by atoms with Gasteiger partial charge in [-0.05, 0) is 38.1 Å². The molecule has 2 aromatic carbocycles. The Morgan fingerprint density at radius 1 is 0.933 bits per heavy atom. The number of nitrogens with zero attached hydrogens (tertiary/aromatic N) is 4. The largest absolute Gasteiger partial charge is 0.365 e. The minimum absolute atomic E-state index is 0.0688. The number of hydrogen-bond donors (Lipinski definition) is 1. The molecule has 3 heterocycles. The van der Waals surface area contributed by atoms with E-state index >= 15 is 0 Å². The summed E-state index contributed by atoms with van der Waals surface area (Å²) in [7, 11) is 0. The minimum atomic E-state index is 0.0688. The summed E-state index contributed by atoms with van der Waals surface area (Å²) in [5, 5.41) is 5.84. The molecule has 0 bridgehead atoms. The molecule has 1 aliphatic rings. The fraction of sp³-hybridized carbons (Fsp3) is 0.250. The first-order chi connectivity index (χ1) is 14.6. The molecule has 1 amide bonds. The average molecular weight is 399 g/mol. The number of H-pyrrole nitrogens is 1. The standard InChI is InChI=1S/C24H25N5O/c1-17-23(18(2)29(26-17)20-9-4-3-5-10-20)27-12-14-28(15-13-27)24(30)22-16-19-8-6-7-11-21(19)25-22/h3-11,16,25H,12-15H2,1-2H3. The normalized spacial score (nSPS) is 14.5. The molecular formula is C24H25N5O. The maximum atomic E-state index is 13.0. The van der Waals surface area contributed by atoms with E-state index in [0.29, 0.717) is 18.8 Å². The molecule has 6 nitrogen and oxygen atoms in total. The molecule has 0 unspecified atom stereocenters. The lowest BCUT2D eigenvalue weighted by atomic mass is 10.2. The van der Waals surface area contributed by atoms with Gasteiger partial charge in [-0.2, -0.15) is 5.10 Å². The van der Waals surface area contributed by atoms with Crippen molar-refractivity contribution in [3.63, 3.8) is 0 Å². The maximum absolute atomic E-state index is 13.0. The van der Waals surface area contributed by atoms with Crippen LogP contribution in [0.4, 0.5) is 5.69 Å². The molecule has 0 radical (unpaired) electrons. The van der Waals surface area contributed by atoms with Crippen molar-refractivity contribution in [3.8, 4) is 5.69 Å². The summed E-state index contributed by atoms with van der Waals surface area (Å²) < 4.78 is 2.01. The van der Waals surface area contributed by atoms with E-state index in [1.807, 2.05) is 58.1 Å². The summed E-state index contributed by atoms with van der Waals surface area (Å²) in [4.78, 5) is 20.5. The Bertz CT molecular complexity index is 1170. The van der Waals surface area contributed by atoms with Crippen LogP contribution in [0.1, 0.15) is 21.9 Å². The van der Waals surface area contributed by atoms with Gasteiger partial charge in [-0.25, -0.2) is 4.68 Å². The number of aromatic amines is 1. The quantitative estimate of drug-likeness (QED) is 0.568. The highest BCUT2D eigenvalue weighted by atomic mass is 16.2. The molecule has 1 aliphatic heterocycles. The summed E-state index contributed by atoms with van der Waals surface area (Å²) in [5.74, 6) is 0.0688. The first-order valence-electron chi connectivity index (χ1n) is 10.4. The van der Waals surface area contributed by atoms with Crippen LogP contribution >= 0.6 is 0 Å². The Kier molecular flexibility index (Phi) is 4.54. The zero-order valence-electron chi connectivity index (χ0n) is 17.3. The highest BCUT2D eigenvalue weighted by Gasteiger charge is 2.26. The van der Waals surface area contributed by atoms with E-state index in [0.717, 1.165) is 41.1 Å². The Balaban J connectivity index is 1.32. The van der Waals surface area contributed by atoms with Gasteiger partial charge in [0.15, 0.2) is 0 Å². The molecule has 4 aromatic rings. The van der Waals surface area contributed by atoms with Crippen LogP contribution in [0.25, 0.3) is 16.6 Å². The number of aromatic nitrogens is 3. The van der Waals surface area contributed by atoms with Crippen molar-refractivity contribution in [1.82, 2.24) is 19.7 Å². The third-order valence-electron chi connectivity index (χ3n) is 5.90. The second-order valence-electron chi connectivity index (χ2n) is 7.82. The van der Waals surface area contributed by atoms with Crippen molar-refractivity contribution in [2.24, 2.45) is 0 Å². The molecule has 1 N–H and O–H groups in total. The number of amides is 1. The average Bonchev–Trinajstić information content (AvgIpc) is 3.34. The molecule has 0 spiro atoms. The molecule has 5 rings (SSSR count). The van der Waals surface area contributed by atoms with Crippen molar-refractivity contribution < 1.29 is 4.79 Å². The van der Waals surface area contributed by atoms with Gasteiger partial charge in [-0.1, -0.05) is 36.4 Å². The van der Waals surface area contributed by atoms with Gasteiger partial charge in [-0.3, -0.25) is 4.79 Å². The fourth-order valence-electron chi connectivity index (χ4n) is 4.40. The summed E-state index contributed by atoms with van der Waals surface area (Å²) >= 11 is 0. The Hall–Kier alpha value is -3.54. The highest BCUT2D eigenvalue weighted by molar-refractivity contribution is 5.98. The monoisotopic (exact) mass is 399 g/mol. The number of benzene rings is 2. The van der Waals surface area contributed by atoms with E-state index < -0.39 is 0 Å². The van der Waals surface area contributed by atoms with Crippen LogP contribution in [0.3, 0.4) is 0 Å². The predicted octanol–water partition coefficient (Wildman–Crippen LogP) is 3.93. The van der Waals surface area contributed by atoms with E-state index in [1.165, 1.54) is 5.69 Å². The lowest BCUT2D eigenvalue weighted by Gasteiger charge is -2.36. The third kappa shape index (κ3) is 3.14. The first kappa shape index (κ1) is 18.5. The van der Waals surface area contributed by atoms with Crippen LogP contribution in [0, 0.1) is 13.8 Å². The van der Waals surface area contributed by atoms with Crippen molar-refractivity contribution in [3.05, 3.63) is 77.7 Å². The molecule has 0 atom stereocenters. The minimum Gasteiger partial charge on any atom is -0.365 e. The van der Waals surface area contributed by atoms with Crippen LogP contribution in [0.5, 0.6) is 0 Å². The molecule has 6 heteroatoms. The van der Waals surface area contributed by atoms with Gasteiger partial charge in [0.25, 0.3) is 5.91 Å². The summed E-state index contributed by atoms with van der Waals surface area (Å²) in [5.41, 5.74) is 6.06. The second-order valence-corrected chi connectivity index (χ2v) is 7.82. The molecule has 0 saturated carbocycles. The van der Waals surface area contributed by atoms with Crippen LogP contribution in [-0.4, -0.2) is 51.8 Å². The smallest absolute Gasteiger partial charge is 0.270 e. The number of aryl methyl sites for hydroxylation is 1. The number of nitrogens with one attached hydrogen (secondary N) is 1. The van der Waals surface area contributed by atoms with Gasteiger partial charge in [-0.15, -0.1) is 0 Å². The maximum Gasteiger partial charge on any atom is 0.270 e. The molecule has 1 fully saturated rings. The number of piperazine rings is 1. The number of hydrogen-bond acceptors (Lipinski definition) is 3. The molecule has 0 aliphatic carbocycles. The molecular weight excluding hydrogens is 374 g/mol. The van der Waals surface area contributed by atoms with Crippen molar-refractivity contribution in [1.29, 1.82) is 0 Å². The van der Waals surface area contributed by atoms with Crippen molar-refractivity contribution in [2.45, 2.75) is 13.8 Å². The van der Waals surface area contributed by atoms with E-state index in [4.69, 9.17) is 5.10 Å². The first-order valence-corrected chi connectivity index (χ1v) is 10.4. The van der Waals surface area contributed by atoms with E-state index in [9.17, 15) is 4.79 Å². The number of carbonyl (C=O) groups is 1. The number of carbonyl (C=O) groups excluding carboxylic acids is 1. The van der Waals surface area contributed by atoms with Crippen LogP contribution in [0.15, 0.2) is 60.7 Å². The van der Waals surface area contributed by atoms with Crippen LogP contribution in [-0.2, 0) is 0 Å². The Morgan fingerprint density at radius 2 is 1.63 bits per heavy atom. The third-order valence-corrected chi connectivity index (χ3v) is 5.90. The molecule has 152 valence electrons. The highest BCUT2D eigenvalue weighted by Crippen LogP contribution is 2.28. The Morgan fingerprint density at radius 3 is 2.37 bits per heavy atom. The number of rotatable bonds is 3. The lowest BCUT2D eigenvalue weighted by molar-refractivity contribution is 0.0742. The SMILES string of the molecule is Cc1nn(-c2ccccc2)c(C)c1N1CCN(C(=O)c2cc3ccccc3[nH]2)CC1. The van der Waals surface area contributed by atoms with Gasteiger partial charge < -0.3 is 14.8 Å². The molecule has 2 aromatic heterocycles. The summed E-state index contributed by atoms with van der Waals surface area (Å²) in [6.07, 6.45) is 0. The predicted molar refractivity (Wildman–Crippen MR) is 119 cm³/mol. The topological polar surface area (TPSA) is 57.2 Å². The van der Waals surface area contributed by atoms with Gasteiger partial charge in [0.05, 0.1) is 22.8 Å². The molecule has 30 heavy (non-hydrogen) atoms. The number of anilines is 1. The van der Waals surface area contributed by atoms with Gasteiger partial charge in [0.1, 0.15) is 5.69 Å². The molecule has 1 saturated heterocycles. The summed E-state index contributed by atoms with van der Waals surface area (Å²) in [6, 6.07) is 20.1.